The number of anilines is 2. The van der Waals surface area contributed by atoms with Crippen molar-refractivity contribution in [2.24, 2.45) is 0 Å². The zero-order valence-electron chi connectivity index (χ0n) is 18.9. The van der Waals surface area contributed by atoms with Crippen LogP contribution >= 0.6 is 11.8 Å². The Morgan fingerprint density at radius 2 is 1.94 bits per heavy atom. The summed E-state index contributed by atoms with van der Waals surface area (Å²) in [4.78, 5) is 32.1. The molecule has 3 amide bonds. The zero-order chi connectivity index (χ0) is 23.7. The van der Waals surface area contributed by atoms with Gasteiger partial charge in [-0.05, 0) is 61.4 Å². The Labute approximate surface area is 201 Å². The number of aromatic nitrogens is 1. The highest BCUT2D eigenvalue weighted by molar-refractivity contribution is 7.99. The second kappa shape index (κ2) is 9.26. The van der Waals surface area contributed by atoms with Crippen molar-refractivity contribution in [2.45, 2.75) is 25.4 Å². The third-order valence-corrected chi connectivity index (χ3v) is 6.56. The van der Waals surface area contributed by atoms with E-state index in [1.165, 1.54) is 0 Å². The van der Waals surface area contributed by atoms with Gasteiger partial charge in [0, 0.05) is 35.8 Å². The fourth-order valence-electron chi connectivity index (χ4n) is 4.04. The molecule has 0 bridgehead atoms. The highest BCUT2D eigenvalue weighted by atomic mass is 32.2. The van der Waals surface area contributed by atoms with E-state index in [4.69, 9.17) is 9.47 Å². The monoisotopic (exact) mass is 476 g/mol. The van der Waals surface area contributed by atoms with Crippen LogP contribution in [0.5, 0.6) is 11.5 Å². The van der Waals surface area contributed by atoms with Crippen molar-refractivity contribution in [3.05, 3.63) is 70.9 Å². The molecule has 34 heavy (non-hydrogen) atoms. The molecule has 0 fully saturated rings. The summed E-state index contributed by atoms with van der Waals surface area (Å²) in [5, 5.41) is 6.71. The molecular formula is C25H24N4O4S. The van der Waals surface area contributed by atoms with Gasteiger partial charge in [-0.1, -0.05) is 12.1 Å². The Hall–Kier alpha value is -3.72. The number of carbonyl (C=O) groups is 2. The summed E-state index contributed by atoms with van der Waals surface area (Å²) in [5.74, 6) is 1.92. The van der Waals surface area contributed by atoms with Gasteiger partial charge in [0.2, 0.25) is 6.79 Å². The first kappa shape index (κ1) is 22.1. The molecule has 2 N–H and O–H groups in total. The van der Waals surface area contributed by atoms with Gasteiger partial charge < -0.3 is 20.1 Å². The number of urea groups is 1. The molecule has 2 aliphatic rings. The quantitative estimate of drug-likeness (QED) is 0.576. The van der Waals surface area contributed by atoms with Gasteiger partial charge in [-0.3, -0.25) is 9.69 Å². The second-order valence-corrected chi connectivity index (χ2v) is 9.20. The summed E-state index contributed by atoms with van der Waals surface area (Å²) in [6.07, 6.45) is 0. The van der Waals surface area contributed by atoms with Crippen molar-refractivity contribution >= 4 is 35.1 Å². The SMILES string of the molecule is Cc1cc(C)c2c(n1)SCCN2C(=O)Nc1cccc(C(=O)NCc2ccc3c(c2)OCO3)c1. The molecule has 0 radical (unpaired) electrons. The maximum Gasteiger partial charge on any atom is 0.326 e. The number of rotatable bonds is 4. The number of benzene rings is 2. The largest absolute Gasteiger partial charge is 0.454 e. The van der Waals surface area contributed by atoms with Crippen LogP contribution in [0.2, 0.25) is 0 Å². The third-order valence-electron chi connectivity index (χ3n) is 5.61. The molecule has 2 aliphatic heterocycles. The smallest absolute Gasteiger partial charge is 0.326 e. The molecule has 3 aromatic rings. The standard InChI is InChI=1S/C25H24N4O4S/c1-15-10-16(2)27-24-22(15)29(8-9-34-24)25(31)28-19-5-3-4-18(12-19)23(30)26-13-17-6-7-20-21(11-17)33-14-32-20/h3-7,10-12H,8-9,13-14H2,1-2H3,(H,26,30)(H,28,31). The first-order chi connectivity index (χ1) is 16.5. The number of carbonyl (C=O) groups excluding carboxylic acids is 2. The molecule has 0 atom stereocenters. The first-order valence-corrected chi connectivity index (χ1v) is 11.9. The number of hydrogen-bond acceptors (Lipinski definition) is 6. The van der Waals surface area contributed by atoms with Gasteiger partial charge in [0.25, 0.3) is 5.91 Å². The summed E-state index contributed by atoms with van der Waals surface area (Å²) < 4.78 is 10.7. The number of nitrogens with zero attached hydrogens (tertiary/aromatic N) is 2. The van der Waals surface area contributed by atoms with Crippen molar-refractivity contribution in [3.63, 3.8) is 0 Å². The van der Waals surface area contributed by atoms with E-state index in [1.54, 1.807) is 40.9 Å². The van der Waals surface area contributed by atoms with Crippen molar-refractivity contribution in [1.82, 2.24) is 10.3 Å². The highest BCUT2D eigenvalue weighted by Crippen LogP contribution is 2.36. The van der Waals surface area contributed by atoms with Crippen LogP contribution in [0.25, 0.3) is 0 Å². The summed E-state index contributed by atoms with van der Waals surface area (Å²) in [5.41, 5.74) is 4.71. The van der Waals surface area contributed by atoms with Crippen LogP contribution in [0.15, 0.2) is 53.6 Å². The Kier molecular flexibility index (Phi) is 6.02. The summed E-state index contributed by atoms with van der Waals surface area (Å²) in [6, 6.07) is 14.2. The Morgan fingerprint density at radius 1 is 1.09 bits per heavy atom. The lowest BCUT2D eigenvalue weighted by Crippen LogP contribution is -2.39. The zero-order valence-corrected chi connectivity index (χ0v) is 19.7. The Morgan fingerprint density at radius 3 is 2.82 bits per heavy atom. The molecule has 0 saturated carbocycles. The van der Waals surface area contributed by atoms with Crippen molar-refractivity contribution in [1.29, 1.82) is 0 Å². The topological polar surface area (TPSA) is 92.8 Å². The van der Waals surface area contributed by atoms with E-state index in [0.717, 1.165) is 33.3 Å². The number of ether oxygens (including phenoxy) is 2. The number of pyridine rings is 1. The molecular weight excluding hydrogens is 452 g/mol. The predicted octanol–water partition coefficient (Wildman–Crippen LogP) is 4.50. The molecule has 8 nitrogen and oxygen atoms in total. The lowest BCUT2D eigenvalue weighted by atomic mass is 10.1. The lowest BCUT2D eigenvalue weighted by molar-refractivity contribution is 0.0951. The minimum absolute atomic E-state index is 0.210. The molecule has 9 heteroatoms. The number of hydrogen-bond donors (Lipinski definition) is 2. The molecule has 2 aromatic carbocycles. The van der Waals surface area contributed by atoms with E-state index in [-0.39, 0.29) is 18.7 Å². The van der Waals surface area contributed by atoms with Crippen LogP contribution in [0, 0.1) is 13.8 Å². The number of fused-ring (bicyclic) bond motifs is 2. The van der Waals surface area contributed by atoms with Gasteiger partial charge in [-0.25, -0.2) is 9.78 Å². The Balaban J connectivity index is 1.26. The van der Waals surface area contributed by atoms with Gasteiger partial charge in [0.15, 0.2) is 11.5 Å². The average Bonchev–Trinajstić information content (AvgIpc) is 3.30. The van der Waals surface area contributed by atoms with E-state index in [9.17, 15) is 9.59 Å². The normalized spacial score (nSPS) is 13.9. The van der Waals surface area contributed by atoms with E-state index in [2.05, 4.69) is 15.6 Å². The minimum atomic E-state index is -0.242. The fourth-order valence-corrected chi connectivity index (χ4v) is 5.12. The van der Waals surface area contributed by atoms with E-state index >= 15 is 0 Å². The van der Waals surface area contributed by atoms with Gasteiger partial charge >= 0.3 is 6.03 Å². The third kappa shape index (κ3) is 4.51. The first-order valence-electron chi connectivity index (χ1n) is 10.9. The molecule has 0 saturated heterocycles. The van der Waals surface area contributed by atoms with Crippen LogP contribution in [-0.4, -0.2) is 36.0 Å². The minimum Gasteiger partial charge on any atom is -0.454 e. The van der Waals surface area contributed by atoms with Crippen LogP contribution in [0.1, 0.15) is 27.2 Å². The molecule has 0 unspecified atom stereocenters. The molecule has 1 aromatic heterocycles. The van der Waals surface area contributed by atoms with E-state index < -0.39 is 0 Å². The van der Waals surface area contributed by atoms with Crippen LogP contribution in [0.3, 0.4) is 0 Å². The molecule has 3 heterocycles. The predicted molar refractivity (Wildman–Crippen MR) is 131 cm³/mol. The summed E-state index contributed by atoms with van der Waals surface area (Å²) in [6.45, 7) is 5.09. The highest BCUT2D eigenvalue weighted by Gasteiger charge is 2.26. The maximum atomic E-state index is 13.1. The number of amides is 3. The lowest BCUT2D eigenvalue weighted by Gasteiger charge is -2.30. The van der Waals surface area contributed by atoms with E-state index in [0.29, 0.717) is 35.8 Å². The van der Waals surface area contributed by atoms with Crippen molar-refractivity contribution < 1.29 is 19.1 Å². The van der Waals surface area contributed by atoms with E-state index in [1.807, 2.05) is 38.1 Å². The number of thioether (sulfide) groups is 1. The molecule has 0 spiro atoms. The van der Waals surface area contributed by atoms with Gasteiger partial charge in [-0.15, -0.1) is 11.8 Å². The number of aryl methyl sites for hydroxylation is 2. The van der Waals surface area contributed by atoms with Gasteiger partial charge in [0.1, 0.15) is 5.03 Å². The second-order valence-electron chi connectivity index (χ2n) is 8.12. The number of nitrogens with one attached hydrogen (secondary N) is 2. The van der Waals surface area contributed by atoms with Crippen LogP contribution in [-0.2, 0) is 6.54 Å². The molecule has 174 valence electrons. The summed E-state index contributed by atoms with van der Waals surface area (Å²) in [7, 11) is 0. The van der Waals surface area contributed by atoms with Crippen LogP contribution < -0.4 is 25.0 Å². The van der Waals surface area contributed by atoms with Crippen LogP contribution in [0.4, 0.5) is 16.2 Å². The van der Waals surface area contributed by atoms with Gasteiger partial charge in [0.05, 0.1) is 5.69 Å². The van der Waals surface area contributed by atoms with Crippen molar-refractivity contribution in [2.75, 3.05) is 29.3 Å². The van der Waals surface area contributed by atoms with Gasteiger partial charge in [-0.2, -0.15) is 0 Å². The Bertz CT molecular complexity index is 1280. The summed E-state index contributed by atoms with van der Waals surface area (Å²) >= 11 is 1.66. The van der Waals surface area contributed by atoms with Crippen molar-refractivity contribution in [3.8, 4) is 11.5 Å². The molecule has 5 rings (SSSR count). The molecule has 0 aliphatic carbocycles. The average molecular weight is 477 g/mol. The fraction of sp³-hybridized carbons (Fsp3) is 0.240. The maximum absolute atomic E-state index is 13.1.